The van der Waals surface area contributed by atoms with E-state index in [4.69, 9.17) is 9.47 Å². The molecule has 27 heavy (non-hydrogen) atoms. The number of aromatic nitrogens is 3. The maximum Gasteiger partial charge on any atom is 0.291 e. The van der Waals surface area contributed by atoms with Crippen LogP contribution in [-0.2, 0) is 0 Å². The van der Waals surface area contributed by atoms with Gasteiger partial charge in [-0.15, -0.1) is 5.10 Å². The van der Waals surface area contributed by atoms with Crippen molar-refractivity contribution < 1.29 is 9.47 Å². The van der Waals surface area contributed by atoms with Crippen molar-refractivity contribution in [3.05, 3.63) is 68.5 Å². The number of benzene rings is 2. The molecule has 2 aromatic carbocycles. The van der Waals surface area contributed by atoms with Gasteiger partial charge in [0.1, 0.15) is 0 Å². The molecule has 0 N–H and O–H groups in total. The summed E-state index contributed by atoms with van der Waals surface area (Å²) in [6.07, 6.45) is 1.86. The number of hydrogen-bond acceptors (Lipinski definition) is 6. The molecule has 6 nitrogen and oxygen atoms in total. The standard InChI is InChI=1S/C20H17N3O3S/c1-12-4-6-13(7-5-12)10-17-19(24)23-20(27-17)21-18(22-23)14-8-9-15(25-2)16(11-14)26-3/h4-11H,1-3H3/b17-10+. The highest BCUT2D eigenvalue weighted by Gasteiger charge is 2.14. The Balaban J connectivity index is 1.77. The molecular formula is C20H17N3O3S. The molecule has 0 bridgehead atoms. The van der Waals surface area contributed by atoms with E-state index in [-0.39, 0.29) is 5.56 Å². The molecule has 0 atom stereocenters. The Labute approximate surface area is 159 Å². The van der Waals surface area contributed by atoms with E-state index in [1.807, 2.05) is 43.3 Å². The molecule has 136 valence electrons. The molecule has 0 aliphatic carbocycles. The summed E-state index contributed by atoms with van der Waals surface area (Å²) in [5.74, 6) is 1.69. The van der Waals surface area contributed by atoms with Gasteiger partial charge in [-0.1, -0.05) is 41.2 Å². The van der Waals surface area contributed by atoms with Crippen LogP contribution in [0.3, 0.4) is 0 Å². The van der Waals surface area contributed by atoms with Gasteiger partial charge < -0.3 is 9.47 Å². The third kappa shape index (κ3) is 3.17. The molecule has 0 radical (unpaired) electrons. The molecule has 0 unspecified atom stereocenters. The second-order valence-electron chi connectivity index (χ2n) is 6.03. The fourth-order valence-corrected chi connectivity index (χ4v) is 3.65. The summed E-state index contributed by atoms with van der Waals surface area (Å²) in [6.45, 7) is 2.03. The summed E-state index contributed by atoms with van der Waals surface area (Å²) in [7, 11) is 3.15. The van der Waals surface area contributed by atoms with Crippen molar-refractivity contribution in [3.63, 3.8) is 0 Å². The number of aryl methyl sites for hydroxylation is 1. The first-order chi connectivity index (χ1) is 13.1. The zero-order chi connectivity index (χ0) is 19.0. The predicted octanol–water partition coefficient (Wildman–Crippen LogP) is 2.69. The molecule has 4 rings (SSSR count). The molecule has 2 heterocycles. The van der Waals surface area contributed by atoms with Gasteiger partial charge in [0, 0.05) is 5.56 Å². The van der Waals surface area contributed by atoms with Crippen LogP contribution < -0.4 is 19.6 Å². The topological polar surface area (TPSA) is 65.7 Å². The molecule has 0 fully saturated rings. The van der Waals surface area contributed by atoms with Crippen LogP contribution >= 0.6 is 11.3 Å². The molecule has 0 aliphatic rings. The lowest BCUT2D eigenvalue weighted by Crippen LogP contribution is -2.23. The molecule has 0 saturated carbocycles. The molecule has 7 heteroatoms. The van der Waals surface area contributed by atoms with Gasteiger partial charge in [-0.25, -0.2) is 0 Å². The van der Waals surface area contributed by atoms with Gasteiger partial charge in [0.15, 0.2) is 17.3 Å². The Kier molecular flexibility index (Phi) is 4.37. The van der Waals surface area contributed by atoms with E-state index in [2.05, 4.69) is 10.1 Å². The fourth-order valence-electron chi connectivity index (χ4n) is 2.75. The maximum absolute atomic E-state index is 12.7. The van der Waals surface area contributed by atoms with Crippen LogP contribution in [0.5, 0.6) is 11.5 Å². The lowest BCUT2D eigenvalue weighted by atomic mass is 10.1. The molecule has 2 aromatic heterocycles. The van der Waals surface area contributed by atoms with Gasteiger partial charge in [-0.2, -0.15) is 9.50 Å². The van der Waals surface area contributed by atoms with Gasteiger partial charge in [-0.3, -0.25) is 4.79 Å². The van der Waals surface area contributed by atoms with Gasteiger partial charge in [0.25, 0.3) is 5.56 Å². The molecule has 4 aromatic rings. The van der Waals surface area contributed by atoms with Crippen molar-refractivity contribution >= 4 is 22.4 Å². The highest BCUT2D eigenvalue weighted by atomic mass is 32.1. The number of fused-ring (bicyclic) bond motifs is 1. The van der Waals surface area contributed by atoms with Crippen molar-refractivity contribution in [1.82, 2.24) is 14.6 Å². The smallest absolute Gasteiger partial charge is 0.291 e. The first kappa shape index (κ1) is 17.2. The zero-order valence-electron chi connectivity index (χ0n) is 15.1. The average molecular weight is 379 g/mol. The first-order valence-electron chi connectivity index (χ1n) is 8.29. The second-order valence-corrected chi connectivity index (χ2v) is 7.04. The highest BCUT2D eigenvalue weighted by molar-refractivity contribution is 7.15. The number of methoxy groups -OCH3 is 2. The van der Waals surface area contributed by atoms with Crippen LogP contribution in [0.1, 0.15) is 11.1 Å². The minimum Gasteiger partial charge on any atom is -0.493 e. The average Bonchev–Trinajstić information content (AvgIpc) is 3.23. The van der Waals surface area contributed by atoms with E-state index in [1.165, 1.54) is 21.4 Å². The minimum atomic E-state index is -0.171. The second kappa shape index (κ2) is 6.85. The van der Waals surface area contributed by atoms with E-state index in [1.54, 1.807) is 26.4 Å². The Morgan fingerprint density at radius 2 is 1.78 bits per heavy atom. The van der Waals surface area contributed by atoms with E-state index in [0.29, 0.717) is 26.8 Å². The van der Waals surface area contributed by atoms with Crippen molar-refractivity contribution in [2.24, 2.45) is 0 Å². The summed E-state index contributed by atoms with van der Waals surface area (Å²) in [4.78, 5) is 17.7. The van der Waals surface area contributed by atoms with E-state index in [9.17, 15) is 4.79 Å². The molecule has 0 saturated heterocycles. The van der Waals surface area contributed by atoms with Crippen molar-refractivity contribution in [3.8, 4) is 22.9 Å². The summed E-state index contributed by atoms with van der Waals surface area (Å²) >= 11 is 1.32. The van der Waals surface area contributed by atoms with E-state index >= 15 is 0 Å². The normalized spacial score (nSPS) is 11.9. The number of hydrogen-bond donors (Lipinski definition) is 0. The van der Waals surface area contributed by atoms with Crippen LogP contribution in [0.2, 0.25) is 0 Å². The molecule has 0 amide bonds. The Hall–Kier alpha value is -3.19. The fraction of sp³-hybridized carbons (Fsp3) is 0.150. The minimum absolute atomic E-state index is 0.171. The van der Waals surface area contributed by atoms with E-state index in [0.717, 1.165) is 11.1 Å². The SMILES string of the molecule is COc1ccc(-c2nc3s/c(=C/c4ccc(C)cc4)c(=O)n3n2)cc1OC. The number of thiazole rings is 1. The summed E-state index contributed by atoms with van der Waals surface area (Å²) in [6, 6.07) is 13.4. The van der Waals surface area contributed by atoms with Gasteiger partial charge in [-0.05, 0) is 36.8 Å². The maximum atomic E-state index is 12.7. The number of nitrogens with zero attached hydrogens (tertiary/aromatic N) is 3. The lowest BCUT2D eigenvalue weighted by Gasteiger charge is -2.07. The van der Waals surface area contributed by atoms with Crippen LogP contribution in [0.25, 0.3) is 22.4 Å². The predicted molar refractivity (Wildman–Crippen MR) is 106 cm³/mol. The quantitative estimate of drug-likeness (QED) is 0.545. The zero-order valence-corrected chi connectivity index (χ0v) is 15.9. The number of ether oxygens (including phenoxy) is 2. The third-order valence-corrected chi connectivity index (χ3v) is 5.16. The monoisotopic (exact) mass is 379 g/mol. The van der Waals surface area contributed by atoms with Crippen LogP contribution in [-0.4, -0.2) is 28.8 Å². The Morgan fingerprint density at radius 3 is 2.44 bits per heavy atom. The number of rotatable bonds is 4. The van der Waals surface area contributed by atoms with Crippen LogP contribution in [0.15, 0.2) is 47.3 Å². The van der Waals surface area contributed by atoms with Gasteiger partial charge in [0.05, 0.1) is 18.8 Å². The van der Waals surface area contributed by atoms with E-state index < -0.39 is 0 Å². The molecular weight excluding hydrogens is 362 g/mol. The van der Waals surface area contributed by atoms with Gasteiger partial charge in [0.2, 0.25) is 4.96 Å². The van der Waals surface area contributed by atoms with Crippen LogP contribution in [0, 0.1) is 6.92 Å². The summed E-state index contributed by atoms with van der Waals surface area (Å²) in [5.41, 5.74) is 2.74. The largest absolute Gasteiger partial charge is 0.493 e. The van der Waals surface area contributed by atoms with Crippen LogP contribution in [0.4, 0.5) is 0 Å². The van der Waals surface area contributed by atoms with Crippen molar-refractivity contribution in [2.75, 3.05) is 14.2 Å². The first-order valence-corrected chi connectivity index (χ1v) is 9.11. The third-order valence-electron chi connectivity index (χ3n) is 4.20. The van der Waals surface area contributed by atoms with Gasteiger partial charge >= 0.3 is 0 Å². The Morgan fingerprint density at radius 1 is 1.04 bits per heavy atom. The van der Waals surface area contributed by atoms with Crippen molar-refractivity contribution in [1.29, 1.82) is 0 Å². The summed E-state index contributed by atoms with van der Waals surface area (Å²) in [5, 5.41) is 4.38. The summed E-state index contributed by atoms with van der Waals surface area (Å²) < 4.78 is 12.5. The van der Waals surface area contributed by atoms with Crippen molar-refractivity contribution in [2.45, 2.75) is 6.92 Å². The Bertz CT molecular complexity index is 1230. The molecule has 0 spiro atoms. The lowest BCUT2D eigenvalue weighted by molar-refractivity contribution is 0.355. The molecule has 0 aliphatic heterocycles. The highest BCUT2D eigenvalue weighted by Crippen LogP contribution is 2.31.